The van der Waals surface area contributed by atoms with Gasteiger partial charge in [-0.25, -0.2) is 9.48 Å². The van der Waals surface area contributed by atoms with Crippen molar-refractivity contribution in [2.24, 2.45) is 0 Å². The van der Waals surface area contributed by atoms with Crippen LogP contribution in [-0.4, -0.2) is 28.0 Å². The molecule has 0 saturated carbocycles. The summed E-state index contributed by atoms with van der Waals surface area (Å²) in [4.78, 5) is 10.5. The van der Waals surface area contributed by atoms with E-state index in [9.17, 15) is 4.79 Å². The minimum Gasteiger partial charge on any atom is -0.481 e. The van der Waals surface area contributed by atoms with Crippen LogP contribution in [0.2, 0.25) is 0 Å². The van der Waals surface area contributed by atoms with Gasteiger partial charge in [-0.2, -0.15) is 5.10 Å². The first-order valence-corrected chi connectivity index (χ1v) is 3.54. The first-order valence-electron chi connectivity index (χ1n) is 3.54. The molecule has 0 saturated heterocycles. The Morgan fingerprint density at radius 3 is 2.83 bits per heavy atom. The molecule has 5 heteroatoms. The second kappa shape index (κ2) is 3.25. The van der Waals surface area contributed by atoms with Gasteiger partial charge in [-0.1, -0.05) is 0 Å². The fourth-order valence-corrected chi connectivity index (χ4v) is 0.895. The molecule has 0 aliphatic heterocycles. The van der Waals surface area contributed by atoms with Crippen LogP contribution in [0.25, 0.3) is 0 Å². The minimum atomic E-state index is -1.04. The summed E-state index contributed by atoms with van der Waals surface area (Å²) in [7, 11) is 1.48. The number of hydrogen-bond donors (Lipinski definition) is 1. The number of hydrogen-bond acceptors (Lipinski definition) is 3. The van der Waals surface area contributed by atoms with E-state index in [1.54, 1.807) is 0 Å². The van der Waals surface area contributed by atoms with Gasteiger partial charge in [0, 0.05) is 12.6 Å². The summed E-state index contributed by atoms with van der Waals surface area (Å²) < 4.78 is 6.39. The van der Waals surface area contributed by atoms with E-state index >= 15 is 0 Å². The van der Waals surface area contributed by atoms with Crippen molar-refractivity contribution in [1.82, 2.24) is 9.78 Å². The Kier molecular flexibility index (Phi) is 2.32. The van der Waals surface area contributed by atoms with Gasteiger partial charge in [0.05, 0.1) is 7.11 Å². The number of rotatable bonds is 3. The van der Waals surface area contributed by atoms with Gasteiger partial charge < -0.3 is 9.84 Å². The van der Waals surface area contributed by atoms with Crippen molar-refractivity contribution in [2.45, 2.75) is 13.5 Å². The molecule has 0 aliphatic rings. The van der Waals surface area contributed by atoms with Crippen LogP contribution < -0.4 is 4.74 Å². The fourth-order valence-electron chi connectivity index (χ4n) is 0.895. The number of aromatic carboxylic acids is 1. The highest BCUT2D eigenvalue weighted by Gasteiger charge is 2.11. The van der Waals surface area contributed by atoms with Gasteiger partial charge in [0.15, 0.2) is 5.69 Å². The lowest BCUT2D eigenvalue weighted by molar-refractivity contribution is 0.0689. The second-order valence-electron chi connectivity index (χ2n) is 2.19. The molecular formula is C7H10N2O3. The fraction of sp³-hybridized carbons (Fsp3) is 0.429. The largest absolute Gasteiger partial charge is 0.481 e. The van der Waals surface area contributed by atoms with E-state index in [-0.39, 0.29) is 5.69 Å². The van der Waals surface area contributed by atoms with Crippen LogP contribution in [0.4, 0.5) is 0 Å². The Hall–Kier alpha value is -1.52. The van der Waals surface area contributed by atoms with Crippen molar-refractivity contribution < 1.29 is 14.6 Å². The molecule has 0 bridgehead atoms. The number of nitrogens with zero attached hydrogens (tertiary/aromatic N) is 2. The van der Waals surface area contributed by atoms with Crippen LogP contribution >= 0.6 is 0 Å². The molecular weight excluding hydrogens is 160 g/mol. The highest BCUT2D eigenvalue weighted by Crippen LogP contribution is 2.12. The molecule has 5 nitrogen and oxygen atoms in total. The summed E-state index contributed by atoms with van der Waals surface area (Å²) in [5.41, 5.74) is 0.00806. The monoisotopic (exact) mass is 170 g/mol. The quantitative estimate of drug-likeness (QED) is 0.721. The van der Waals surface area contributed by atoms with Crippen molar-refractivity contribution in [3.8, 4) is 5.88 Å². The van der Waals surface area contributed by atoms with E-state index in [2.05, 4.69) is 5.10 Å². The highest BCUT2D eigenvalue weighted by molar-refractivity contribution is 5.85. The SMILES string of the molecule is CCn1nc(C(=O)O)cc1OC. The molecule has 1 aromatic rings. The molecule has 0 fully saturated rings. The molecule has 1 aromatic heterocycles. The van der Waals surface area contributed by atoms with E-state index in [0.717, 1.165) is 0 Å². The zero-order valence-electron chi connectivity index (χ0n) is 6.94. The number of carboxylic acids is 1. The summed E-state index contributed by atoms with van der Waals surface area (Å²) in [6.45, 7) is 2.46. The van der Waals surface area contributed by atoms with Crippen LogP contribution in [-0.2, 0) is 6.54 Å². The molecule has 0 atom stereocenters. The first-order chi connectivity index (χ1) is 5.69. The normalized spacial score (nSPS) is 9.83. The van der Waals surface area contributed by atoms with Gasteiger partial charge >= 0.3 is 5.97 Å². The van der Waals surface area contributed by atoms with Crippen LogP contribution in [0.1, 0.15) is 17.4 Å². The minimum absolute atomic E-state index is 0.00806. The van der Waals surface area contributed by atoms with Crippen molar-refractivity contribution in [2.75, 3.05) is 7.11 Å². The van der Waals surface area contributed by atoms with E-state index in [0.29, 0.717) is 12.4 Å². The predicted octanol–water partition coefficient (Wildman–Crippen LogP) is 0.610. The smallest absolute Gasteiger partial charge is 0.356 e. The van der Waals surface area contributed by atoms with Gasteiger partial charge in [0.2, 0.25) is 5.88 Å². The molecule has 1 N–H and O–H groups in total. The van der Waals surface area contributed by atoms with Gasteiger partial charge in [-0.15, -0.1) is 0 Å². The zero-order valence-corrected chi connectivity index (χ0v) is 6.94. The third-order valence-corrected chi connectivity index (χ3v) is 1.47. The molecule has 0 radical (unpaired) electrons. The summed E-state index contributed by atoms with van der Waals surface area (Å²) in [6, 6.07) is 1.39. The summed E-state index contributed by atoms with van der Waals surface area (Å²) >= 11 is 0. The maximum Gasteiger partial charge on any atom is 0.356 e. The van der Waals surface area contributed by atoms with E-state index in [1.165, 1.54) is 17.9 Å². The summed E-state index contributed by atoms with van der Waals surface area (Å²) in [5.74, 6) is -0.574. The molecule has 66 valence electrons. The summed E-state index contributed by atoms with van der Waals surface area (Å²) in [5, 5.41) is 12.4. The Balaban J connectivity index is 3.05. The van der Waals surface area contributed by atoms with Crippen LogP contribution in [0, 0.1) is 0 Å². The average molecular weight is 170 g/mol. The van der Waals surface area contributed by atoms with E-state index in [4.69, 9.17) is 9.84 Å². The Morgan fingerprint density at radius 1 is 1.83 bits per heavy atom. The van der Waals surface area contributed by atoms with Crippen LogP contribution in [0.15, 0.2) is 6.07 Å². The summed E-state index contributed by atoms with van der Waals surface area (Å²) in [6.07, 6.45) is 0. The molecule has 1 rings (SSSR count). The Bertz CT molecular complexity index is 271. The first kappa shape index (κ1) is 8.58. The molecule has 0 aliphatic carbocycles. The molecule has 0 aromatic carbocycles. The Morgan fingerprint density at radius 2 is 2.50 bits per heavy atom. The average Bonchev–Trinajstić information content (AvgIpc) is 2.46. The van der Waals surface area contributed by atoms with Gasteiger partial charge in [-0.05, 0) is 6.92 Å². The van der Waals surface area contributed by atoms with E-state index < -0.39 is 5.97 Å². The highest BCUT2D eigenvalue weighted by atomic mass is 16.5. The lowest BCUT2D eigenvalue weighted by Gasteiger charge is -1.99. The maximum absolute atomic E-state index is 10.5. The number of carbonyl (C=O) groups is 1. The molecule has 0 unspecified atom stereocenters. The van der Waals surface area contributed by atoms with Gasteiger partial charge in [0.25, 0.3) is 0 Å². The second-order valence-corrected chi connectivity index (χ2v) is 2.19. The van der Waals surface area contributed by atoms with Gasteiger partial charge in [0.1, 0.15) is 0 Å². The topological polar surface area (TPSA) is 64.4 Å². The van der Waals surface area contributed by atoms with Crippen molar-refractivity contribution >= 4 is 5.97 Å². The Labute approximate surface area is 69.6 Å². The number of carboxylic acid groups (broad SMARTS) is 1. The lowest BCUT2D eigenvalue weighted by Crippen LogP contribution is -2.02. The molecule has 1 heterocycles. The van der Waals surface area contributed by atoms with E-state index in [1.807, 2.05) is 6.92 Å². The lowest BCUT2D eigenvalue weighted by atomic mass is 10.4. The van der Waals surface area contributed by atoms with Crippen molar-refractivity contribution in [1.29, 1.82) is 0 Å². The molecule has 0 amide bonds. The van der Waals surface area contributed by atoms with Crippen LogP contribution in [0.5, 0.6) is 5.88 Å². The predicted molar refractivity (Wildman–Crippen MR) is 41.4 cm³/mol. The maximum atomic E-state index is 10.5. The third-order valence-electron chi connectivity index (χ3n) is 1.47. The standard InChI is InChI=1S/C7H10N2O3/c1-3-9-6(12-2)4-5(8-9)7(10)11/h4H,3H2,1-2H3,(H,10,11). The van der Waals surface area contributed by atoms with Crippen LogP contribution in [0.3, 0.4) is 0 Å². The molecule has 12 heavy (non-hydrogen) atoms. The van der Waals surface area contributed by atoms with Crippen molar-refractivity contribution in [3.05, 3.63) is 11.8 Å². The number of aryl methyl sites for hydroxylation is 1. The van der Waals surface area contributed by atoms with Gasteiger partial charge in [-0.3, -0.25) is 0 Å². The van der Waals surface area contributed by atoms with Crippen molar-refractivity contribution in [3.63, 3.8) is 0 Å². The number of aromatic nitrogens is 2. The number of ether oxygens (including phenoxy) is 1. The molecule has 0 spiro atoms. The third kappa shape index (κ3) is 1.39. The number of methoxy groups -OCH3 is 1. The zero-order chi connectivity index (χ0) is 9.14.